The van der Waals surface area contributed by atoms with Crippen LogP contribution in [0, 0.1) is 0 Å². The van der Waals surface area contributed by atoms with Crippen molar-refractivity contribution in [3.8, 4) is 5.75 Å². The summed E-state index contributed by atoms with van der Waals surface area (Å²) in [5.74, 6) is 1.47. The van der Waals surface area contributed by atoms with Gasteiger partial charge in [-0.3, -0.25) is 0 Å². The first-order valence-corrected chi connectivity index (χ1v) is 8.75. The second-order valence-corrected chi connectivity index (χ2v) is 8.17. The molecular formula is C16H18Cl3N3O2. The predicted octanol–water partition coefficient (Wildman–Crippen LogP) is 4.08. The maximum absolute atomic E-state index is 6.04. The molecule has 1 saturated heterocycles. The molecule has 5 nitrogen and oxygen atoms in total. The Bertz CT molecular complexity index is 741. The van der Waals surface area contributed by atoms with E-state index in [1.165, 1.54) is 0 Å². The molecule has 0 aliphatic carbocycles. The fraction of sp³-hybridized carbons (Fsp3) is 0.500. The van der Waals surface area contributed by atoms with Crippen molar-refractivity contribution in [3.05, 3.63) is 24.0 Å². The quantitative estimate of drug-likeness (QED) is 0.723. The third-order valence-electron chi connectivity index (χ3n) is 3.86. The van der Waals surface area contributed by atoms with Crippen molar-refractivity contribution in [2.75, 3.05) is 25.1 Å². The lowest BCUT2D eigenvalue weighted by atomic mass is 10.1. The van der Waals surface area contributed by atoms with Crippen molar-refractivity contribution in [1.82, 2.24) is 9.97 Å². The molecule has 2 atom stereocenters. The fourth-order valence-electron chi connectivity index (χ4n) is 2.99. The van der Waals surface area contributed by atoms with Crippen LogP contribution in [-0.4, -0.2) is 42.4 Å². The van der Waals surface area contributed by atoms with Crippen molar-refractivity contribution >= 4 is 51.5 Å². The van der Waals surface area contributed by atoms with Crippen LogP contribution in [0.15, 0.2) is 18.2 Å². The van der Waals surface area contributed by atoms with Gasteiger partial charge in [0.1, 0.15) is 17.1 Å². The fourth-order valence-corrected chi connectivity index (χ4v) is 3.25. The molecule has 1 aromatic heterocycles. The highest BCUT2D eigenvalue weighted by Gasteiger charge is 2.31. The number of hydrogen-bond acceptors (Lipinski definition) is 5. The summed E-state index contributed by atoms with van der Waals surface area (Å²) in [5, 5.41) is 0.855. The zero-order chi connectivity index (χ0) is 17.5. The number of hydrogen-bond donors (Lipinski definition) is 0. The van der Waals surface area contributed by atoms with E-state index in [1.807, 2.05) is 32.0 Å². The molecule has 0 unspecified atom stereocenters. The average Bonchev–Trinajstić information content (AvgIpc) is 2.51. The summed E-state index contributed by atoms with van der Waals surface area (Å²) in [6.07, 6.45) is 0.168. The molecule has 0 amide bonds. The number of anilines is 1. The third kappa shape index (κ3) is 3.49. The topological polar surface area (TPSA) is 47.5 Å². The number of aromatic nitrogens is 2. The summed E-state index contributed by atoms with van der Waals surface area (Å²) in [6, 6.07) is 5.67. The predicted molar refractivity (Wildman–Crippen MR) is 97.5 cm³/mol. The first-order chi connectivity index (χ1) is 11.3. The largest absolute Gasteiger partial charge is 0.494 e. The van der Waals surface area contributed by atoms with E-state index in [1.54, 1.807) is 7.11 Å². The van der Waals surface area contributed by atoms with Gasteiger partial charge in [-0.2, -0.15) is 0 Å². The molecule has 2 heterocycles. The van der Waals surface area contributed by atoms with Gasteiger partial charge in [-0.25, -0.2) is 9.97 Å². The Morgan fingerprint density at radius 2 is 1.83 bits per heavy atom. The number of nitrogens with zero attached hydrogens (tertiary/aromatic N) is 3. The average molecular weight is 391 g/mol. The van der Waals surface area contributed by atoms with E-state index in [4.69, 9.17) is 44.3 Å². The second kappa shape index (κ2) is 6.71. The van der Waals surface area contributed by atoms with Crippen LogP contribution in [0.25, 0.3) is 10.9 Å². The Morgan fingerprint density at radius 1 is 1.17 bits per heavy atom. The molecule has 0 radical (unpaired) electrons. The highest BCUT2D eigenvalue weighted by Crippen LogP contribution is 2.40. The van der Waals surface area contributed by atoms with Crippen LogP contribution < -0.4 is 9.64 Å². The molecule has 2 aromatic rings. The van der Waals surface area contributed by atoms with Gasteiger partial charge in [0.2, 0.25) is 3.79 Å². The van der Waals surface area contributed by atoms with E-state index in [9.17, 15) is 0 Å². The van der Waals surface area contributed by atoms with Crippen molar-refractivity contribution < 1.29 is 9.47 Å². The first-order valence-electron chi connectivity index (χ1n) is 7.62. The maximum atomic E-state index is 6.04. The lowest BCUT2D eigenvalue weighted by Crippen LogP contribution is -2.46. The molecule has 3 rings (SSSR count). The Labute approximate surface area is 155 Å². The monoisotopic (exact) mass is 389 g/mol. The van der Waals surface area contributed by atoms with Crippen molar-refractivity contribution in [3.63, 3.8) is 0 Å². The molecular weight excluding hydrogens is 373 g/mol. The highest BCUT2D eigenvalue weighted by atomic mass is 35.6. The second-order valence-electron chi connectivity index (χ2n) is 5.89. The van der Waals surface area contributed by atoms with Gasteiger partial charge >= 0.3 is 0 Å². The number of ether oxygens (including phenoxy) is 2. The lowest BCUT2D eigenvalue weighted by Gasteiger charge is -2.36. The Kier molecular flexibility index (Phi) is 4.98. The molecule has 0 spiro atoms. The van der Waals surface area contributed by atoms with Crippen LogP contribution in [0.4, 0.5) is 5.82 Å². The van der Waals surface area contributed by atoms with E-state index < -0.39 is 3.79 Å². The number of rotatable bonds is 2. The van der Waals surface area contributed by atoms with Crippen LogP contribution >= 0.6 is 34.8 Å². The van der Waals surface area contributed by atoms with Crippen molar-refractivity contribution in [1.29, 1.82) is 0 Å². The number of methoxy groups -OCH3 is 1. The van der Waals surface area contributed by atoms with Crippen molar-refractivity contribution in [2.24, 2.45) is 0 Å². The number of benzene rings is 1. The molecule has 8 heteroatoms. The minimum atomic E-state index is -1.71. The Balaban J connectivity index is 2.21. The van der Waals surface area contributed by atoms with E-state index in [0.29, 0.717) is 24.4 Å². The summed E-state index contributed by atoms with van der Waals surface area (Å²) in [6.45, 7) is 5.46. The summed E-state index contributed by atoms with van der Waals surface area (Å²) in [4.78, 5) is 11.1. The molecule has 0 N–H and O–H groups in total. The van der Waals surface area contributed by atoms with Gasteiger partial charge in [-0.15, -0.1) is 0 Å². The minimum absolute atomic E-state index is 0.0839. The molecule has 1 aliphatic rings. The van der Waals surface area contributed by atoms with Crippen molar-refractivity contribution in [2.45, 2.75) is 29.8 Å². The SMILES string of the molecule is COc1cccc2c(N3C[C@@H](C)O[C@H](C)C3)nc(C(Cl)(Cl)Cl)nc12. The van der Waals surface area contributed by atoms with Gasteiger partial charge in [0.25, 0.3) is 0 Å². The molecule has 1 aliphatic heterocycles. The molecule has 0 saturated carbocycles. The summed E-state index contributed by atoms with van der Waals surface area (Å²) < 4.78 is 9.51. The van der Waals surface area contributed by atoms with Gasteiger partial charge in [0.05, 0.1) is 19.3 Å². The van der Waals surface area contributed by atoms with Crippen LogP contribution in [-0.2, 0) is 8.53 Å². The van der Waals surface area contributed by atoms with Crippen LogP contribution in [0.2, 0.25) is 0 Å². The number of morpholine rings is 1. The van der Waals surface area contributed by atoms with Crippen LogP contribution in [0.3, 0.4) is 0 Å². The zero-order valence-electron chi connectivity index (χ0n) is 13.6. The minimum Gasteiger partial charge on any atom is -0.494 e. The normalized spacial score (nSPS) is 22.0. The number of alkyl halides is 3. The lowest BCUT2D eigenvalue weighted by molar-refractivity contribution is -0.00538. The standard InChI is InChI=1S/C16H18Cl3N3O2/c1-9-7-22(8-10(2)24-9)14-11-5-4-6-12(23-3)13(11)20-15(21-14)16(17,18)19/h4-6,9-10H,7-8H2,1-3H3/t9-,10-/m1/s1. The van der Waals surface area contributed by atoms with Gasteiger partial charge in [0.15, 0.2) is 5.82 Å². The van der Waals surface area contributed by atoms with E-state index >= 15 is 0 Å². The van der Waals surface area contributed by atoms with Gasteiger partial charge in [-0.1, -0.05) is 40.9 Å². The number of halogens is 3. The molecule has 0 bridgehead atoms. The summed E-state index contributed by atoms with van der Waals surface area (Å²) >= 11 is 18.1. The first kappa shape index (κ1) is 17.8. The maximum Gasteiger partial charge on any atom is 0.250 e. The van der Waals surface area contributed by atoms with E-state index in [0.717, 1.165) is 11.2 Å². The van der Waals surface area contributed by atoms with E-state index in [-0.39, 0.29) is 18.0 Å². The third-order valence-corrected chi connectivity index (χ3v) is 4.37. The Morgan fingerprint density at radius 3 is 2.42 bits per heavy atom. The zero-order valence-corrected chi connectivity index (χ0v) is 15.9. The molecule has 24 heavy (non-hydrogen) atoms. The van der Waals surface area contributed by atoms with E-state index in [2.05, 4.69) is 14.9 Å². The van der Waals surface area contributed by atoms with Crippen LogP contribution in [0.1, 0.15) is 19.7 Å². The molecule has 1 aromatic carbocycles. The summed E-state index contributed by atoms with van der Waals surface area (Å²) in [5.41, 5.74) is 0.623. The molecule has 130 valence electrons. The summed E-state index contributed by atoms with van der Waals surface area (Å²) in [7, 11) is 1.59. The number of para-hydroxylation sites is 1. The van der Waals surface area contributed by atoms with Gasteiger partial charge < -0.3 is 14.4 Å². The smallest absolute Gasteiger partial charge is 0.250 e. The van der Waals surface area contributed by atoms with Gasteiger partial charge in [-0.05, 0) is 26.0 Å². The number of fused-ring (bicyclic) bond motifs is 1. The highest BCUT2D eigenvalue weighted by molar-refractivity contribution is 6.66. The molecule has 1 fully saturated rings. The Hall–Kier alpha value is -1.01. The van der Waals surface area contributed by atoms with Gasteiger partial charge in [0, 0.05) is 18.5 Å². The van der Waals surface area contributed by atoms with Crippen LogP contribution in [0.5, 0.6) is 5.75 Å².